The number of benzene rings is 1. The summed E-state index contributed by atoms with van der Waals surface area (Å²) < 4.78 is 0. The number of hydrogen-bond donors (Lipinski definition) is 2. The van der Waals surface area contributed by atoms with Crippen LogP contribution in [-0.2, 0) is 5.41 Å². The first-order valence-corrected chi connectivity index (χ1v) is 9.14. The lowest BCUT2D eigenvalue weighted by Crippen LogP contribution is -2.42. The first-order valence-electron chi connectivity index (χ1n) is 8.26. The Kier molecular flexibility index (Phi) is 3.81. The normalized spacial score (nSPS) is 19.8. The largest absolute Gasteiger partial charge is 0.337 e. The molecule has 2 fully saturated rings. The SMILES string of the molecule is O=C(NCC1(c2ccccc2)CC1)N[C@@H](c1nccs1)C1CC1. The molecule has 2 N–H and O–H groups in total. The van der Waals surface area contributed by atoms with Gasteiger partial charge in [0.25, 0.3) is 0 Å². The molecular formula is C18H21N3OS. The molecule has 2 amide bonds. The van der Waals surface area contributed by atoms with Gasteiger partial charge in [0.2, 0.25) is 0 Å². The van der Waals surface area contributed by atoms with Crippen LogP contribution >= 0.6 is 11.3 Å². The van der Waals surface area contributed by atoms with E-state index in [1.54, 1.807) is 11.3 Å². The third-order valence-electron chi connectivity index (χ3n) is 4.92. The number of carbonyl (C=O) groups excluding carboxylic acids is 1. The maximum absolute atomic E-state index is 12.3. The van der Waals surface area contributed by atoms with Gasteiger partial charge in [-0.25, -0.2) is 9.78 Å². The van der Waals surface area contributed by atoms with Crippen molar-refractivity contribution in [3.63, 3.8) is 0 Å². The summed E-state index contributed by atoms with van der Waals surface area (Å²) in [6, 6.07) is 10.5. The van der Waals surface area contributed by atoms with Crippen LogP contribution in [0.3, 0.4) is 0 Å². The minimum absolute atomic E-state index is 0.0701. The molecule has 2 aromatic rings. The quantitative estimate of drug-likeness (QED) is 0.851. The third-order valence-corrected chi connectivity index (χ3v) is 5.78. The van der Waals surface area contributed by atoms with Crippen LogP contribution in [-0.4, -0.2) is 17.6 Å². The lowest BCUT2D eigenvalue weighted by Gasteiger charge is -2.20. The lowest BCUT2D eigenvalue weighted by molar-refractivity contribution is 0.234. The van der Waals surface area contributed by atoms with Crippen LogP contribution in [0.15, 0.2) is 41.9 Å². The number of rotatable bonds is 6. The molecule has 2 aliphatic carbocycles. The first-order chi connectivity index (χ1) is 11.3. The van der Waals surface area contributed by atoms with E-state index in [1.165, 1.54) is 18.4 Å². The monoisotopic (exact) mass is 327 g/mol. The van der Waals surface area contributed by atoms with E-state index in [-0.39, 0.29) is 17.5 Å². The zero-order valence-corrected chi connectivity index (χ0v) is 13.8. The van der Waals surface area contributed by atoms with Crippen LogP contribution < -0.4 is 10.6 Å². The molecule has 1 aromatic heterocycles. The maximum atomic E-state index is 12.3. The molecule has 2 saturated carbocycles. The molecule has 0 aliphatic heterocycles. The van der Waals surface area contributed by atoms with Crippen LogP contribution in [0.25, 0.3) is 0 Å². The fourth-order valence-electron chi connectivity index (χ4n) is 3.15. The summed E-state index contributed by atoms with van der Waals surface area (Å²) >= 11 is 1.62. The highest BCUT2D eigenvalue weighted by molar-refractivity contribution is 7.09. The molecule has 1 aromatic carbocycles. The van der Waals surface area contributed by atoms with Crippen molar-refractivity contribution in [2.45, 2.75) is 37.1 Å². The topological polar surface area (TPSA) is 54.0 Å². The van der Waals surface area contributed by atoms with Gasteiger partial charge in [0, 0.05) is 23.5 Å². The number of amides is 2. The van der Waals surface area contributed by atoms with Crippen LogP contribution in [0.2, 0.25) is 0 Å². The van der Waals surface area contributed by atoms with E-state index in [1.807, 2.05) is 17.6 Å². The number of hydrogen-bond acceptors (Lipinski definition) is 3. The van der Waals surface area contributed by atoms with E-state index < -0.39 is 0 Å². The van der Waals surface area contributed by atoms with Crippen molar-refractivity contribution < 1.29 is 4.79 Å². The van der Waals surface area contributed by atoms with E-state index in [0.717, 1.165) is 17.8 Å². The number of aromatic nitrogens is 1. The van der Waals surface area contributed by atoms with E-state index in [2.05, 4.69) is 39.9 Å². The summed E-state index contributed by atoms with van der Waals surface area (Å²) in [5.74, 6) is 0.552. The van der Waals surface area contributed by atoms with E-state index >= 15 is 0 Å². The van der Waals surface area contributed by atoms with E-state index in [4.69, 9.17) is 0 Å². The number of urea groups is 1. The summed E-state index contributed by atoms with van der Waals surface area (Å²) in [4.78, 5) is 16.7. The smallest absolute Gasteiger partial charge is 0.315 e. The van der Waals surface area contributed by atoms with Gasteiger partial charge in [-0.1, -0.05) is 30.3 Å². The predicted molar refractivity (Wildman–Crippen MR) is 91.5 cm³/mol. The van der Waals surface area contributed by atoms with Gasteiger partial charge in [-0.05, 0) is 37.2 Å². The second kappa shape index (κ2) is 5.96. The summed E-state index contributed by atoms with van der Waals surface area (Å²) in [7, 11) is 0. The van der Waals surface area contributed by atoms with Crippen molar-refractivity contribution in [3.05, 3.63) is 52.5 Å². The third kappa shape index (κ3) is 3.24. The van der Waals surface area contributed by atoms with Gasteiger partial charge in [-0.15, -0.1) is 11.3 Å². The Morgan fingerprint density at radius 1 is 1.30 bits per heavy atom. The van der Waals surface area contributed by atoms with Crippen LogP contribution in [0, 0.1) is 5.92 Å². The highest BCUT2D eigenvalue weighted by Crippen LogP contribution is 2.47. The highest BCUT2D eigenvalue weighted by Gasteiger charge is 2.44. The highest BCUT2D eigenvalue weighted by atomic mass is 32.1. The van der Waals surface area contributed by atoms with Crippen molar-refractivity contribution in [1.29, 1.82) is 0 Å². The van der Waals surface area contributed by atoms with E-state index in [0.29, 0.717) is 12.5 Å². The van der Waals surface area contributed by atoms with Crippen molar-refractivity contribution in [2.24, 2.45) is 5.92 Å². The van der Waals surface area contributed by atoms with Crippen molar-refractivity contribution in [3.8, 4) is 0 Å². The standard InChI is InChI=1S/C18H21N3OS/c22-17(21-15(13-6-7-13)16-19-10-11-23-16)20-12-18(8-9-18)14-4-2-1-3-5-14/h1-5,10-11,13,15H,6-9,12H2,(H2,20,21,22)/t15-/m1/s1. The van der Waals surface area contributed by atoms with Crippen LogP contribution in [0.4, 0.5) is 4.79 Å². The average molecular weight is 327 g/mol. The Balaban J connectivity index is 1.35. The van der Waals surface area contributed by atoms with Gasteiger partial charge in [0.1, 0.15) is 5.01 Å². The van der Waals surface area contributed by atoms with Gasteiger partial charge in [-0.2, -0.15) is 0 Å². The molecule has 0 spiro atoms. The molecule has 1 atom stereocenters. The first kappa shape index (κ1) is 14.7. The Labute approximate surface area is 140 Å². The van der Waals surface area contributed by atoms with Crippen LogP contribution in [0.1, 0.15) is 42.3 Å². The predicted octanol–water partition coefficient (Wildman–Crippen LogP) is 3.63. The molecule has 0 radical (unpaired) electrons. The second-order valence-corrected chi connectivity index (χ2v) is 7.58. The van der Waals surface area contributed by atoms with Crippen molar-refractivity contribution in [2.75, 3.05) is 6.54 Å². The Morgan fingerprint density at radius 3 is 2.70 bits per heavy atom. The number of thiazole rings is 1. The summed E-state index contributed by atoms with van der Waals surface area (Å²) in [5.41, 5.74) is 1.48. The van der Waals surface area contributed by atoms with E-state index in [9.17, 15) is 4.79 Å². The molecule has 0 unspecified atom stereocenters. The molecule has 0 bridgehead atoms. The van der Waals surface area contributed by atoms with Gasteiger partial charge < -0.3 is 10.6 Å². The van der Waals surface area contributed by atoms with Gasteiger partial charge in [0.15, 0.2) is 0 Å². The van der Waals surface area contributed by atoms with Gasteiger partial charge >= 0.3 is 6.03 Å². The minimum Gasteiger partial charge on any atom is -0.337 e. The summed E-state index contributed by atoms with van der Waals surface area (Å²) in [6.07, 6.45) is 6.46. The molecule has 0 saturated heterocycles. The molecule has 120 valence electrons. The minimum atomic E-state index is -0.0701. The molecule has 2 aliphatic rings. The number of carbonyl (C=O) groups is 1. The molecule has 1 heterocycles. The maximum Gasteiger partial charge on any atom is 0.315 e. The Morgan fingerprint density at radius 2 is 2.09 bits per heavy atom. The van der Waals surface area contributed by atoms with Crippen molar-refractivity contribution >= 4 is 17.4 Å². The number of nitrogens with zero attached hydrogens (tertiary/aromatic N) is 1. The fraction of sp³-hybridized carbons (Fsp3) is 0.444. The Hall–Kier alpha value is -1.88. The fourth-order valence-corrected chi connectivity index (χ4v) is 3.93. The van der Waals surface area contributed by atoms with Crippen molar-refractivity contribution in [1.82, 2.24) is 15.6 Å². The van der Waals surface area contributed by atoms with Gasteiger partial charge in [-0.3, -0.25) is 0 Å². The number of nitrogens with one attached hydrogen (secondary N) is 2. The summed E-state index contributed by atoms with van der Waals surface area (Å²) in [6.45, 7) is 0.706. The Bertz CT molecular complexity index is 663. The molecule has 4 rings (SSSR count). The zero-order chi connectivity index (χ0) is 15.7. The lowest BCUT2D eigenvalue weighted by atomic mass is 9.96. The summed E-state index contributed by atoms with van der Waals surface area (Å²) in [5, 5.41) is 9.21. The van der Waals surface area contributed by atoms with Gasteiger partial charge in [0.05, 0.1) is 6.04 Å². The zero-order valence-electron chi connectivity index (χ0n) is 13.0. The average Bonchev–Trinajstić information content (AvgIpc) is 3.51. The molecule has 4 nitrogen and oxygen atoms in total. The molecular weight excluding hydrogens is 306 g/mol. The second-order valence-electron chi connectivity index (χ2n) is 6.66. The van der Waals surface area contributed by atoms with Crippen LogP contribution in [0.5, 0.6) is 0 Å². The molecule has 5 heteroatoms. The molecule has 23 heavy (non-hydrogen) atoms.